The third-order valence-electron chi connectivity index (χ3n) is 3.69. The van der Waals surface area contributed by atoms with E-state index in [0.717, 1.165) is 11.0 Å². The lowest BCUT2D eigenvalue weighted by molar-refractivity contribution is 0.557. The van der Waals surface area contributed by atoms with Gasteiger partial charge in [0.15, 0.2) is 0 Å². The first-order valence-electron chi connectivity index (χ1n) is 7.51. The fourth-order valence-corrected chi connectivity index (χ4v) is 2.96. The molecule has 1 N–H and O–H groups in total. The third kappa shape index (κ3) is 3.96. The van der Waals surface area contributed by atoms with E-state index in [1.807, 2.05) is 0 Å². The zero-order chi connectivity index (χ0) is 15.5. The SMILES string of the molecule is CCNC(c1ccc(Br)cc1)c1ccccc1C(C)(C)C. The molecule has 0 aliphatic carbocycles. The molecule has 1 atom stereocenters. The van der Waals surface area contributed by atoms with Crippen molar-refractivity contribution in [3.05, 3.63) is 69.7 Å². The minimum absolute atomic E-state index is 0.139. The van der Waals surface area contributed by atoms with Crippen molar-refractivity contribution < 1.29 is 0 Å². The van der Waals surface area contributed by atoms with Gasteiger partial charge in [-0.1, -0.05) is 80.0 Å². The van der Waals surface area contributed by atoms with Crippen molar-refractivity contribution in [2.45, 2.75) is 39.2 Å². The molecule has 1 unspecified atom stereocenters. The first-order valence-corrected chi connectivity index (χ1v) is 8.31. The Hall–Kier alpha value is -1.12. The van der Waals surface area contributed by atoms with E-state index in [0.29, 0.717) is 0 Å². The molecule has 0 radical (unpaired) electrons. The van der Waals surface area contributed by atoms with Crippen molar-refractivity contribution in [3.63, 3.8) is 0 Å². The van der Waals surface area contributed by atoms with Crippen LogP contribution in [0.4, 0.5) is 0 Å². The van der Waals surface area contributed by atoms with Gasteiger partial charge in [0.25, 0.3) is 0 Å². The summed E-state index contributed by atoms with van der Waals surface area (Å²) in [7, 11) is 0. The Morgan fingerprint density at radius 3 is 2.19 bits per heavy atom. The molecule has 0 amide bonds. The van der Waals surface area contributed by atoms with E-state index in [1.165, 1.54) is 16.7 Å². The summed E-state index contributed by atoms with van der Waals surface area (Å²) in [5, 5.41) is 3.63. The van der Waals surface area contributed by atoms with Crippen LogP contribution in [0.15, 0.2) is 53.0 Å². The summed E-state index contributed by atoms with van der Waals surface area (Å²) >= 11 is 3.52. The number of benzene rings is 2. The molecule has 0 aromatic heterocycles. The van der Waals surface area contributed by atoms with E-state index in [2.05, 4.69) is 97.5 Å². The van der Waals surface area contributed by atoms with Crippen LogP contribution in [0.1, 0.15) is 50.4 Å². The van der Waals surface area contributed by atoms with E-state index in [-0.39, 0.29) is 11.5 Å². The van der Waals surface area contributed by atoms with Gasteiger partial charge in [-0.05, 0) is 40.8 Å². The Bertz CT molecular complexity index is 581. The Morgan fingerprint density at radius 1 is 1.00 bits per heavy atom. The topological polar surface area (TPSA) is 12.0 Å². The van der Waals surface area contributed by atoms with Gasteiger partial charge >= 0.3 is 0 Å². The number of rotatable bonds is 4. The molecule has 0 saturated carbocycles. The number of hydrogen-bond donors (Lipinski definition) is 1. The smallest absolute Gasteiger partial charge is 0.0579 e. The fraction of sp³-hybridized carbons (Fsp3) is 0.368. The van der Waals surface area contributed by atoms with E-state index >= 15 is 0 Å². The maximum Gasteiger partial charge on any atom is 0.0579 e. The molecular formula is C19H24BrN. The lowest BCUT2D eigenvalue weighted by atomic mass is 9.80. The molecule has 0 aliphatic rings. The van der Waals surface area contributed by atoms with Gasteiger partial charge in [0, 0.05) is 4.47 Å². The minimum atomic E-state index is 0.139. The second-order valence-electron chi connectivity index (χ2n) is 6.38. The van der Waals surface area contributed by atoms with Gasteiger partial charge in [-0.2, -0.15) is 0 Å². The predicted octanol–water partition coefficient (Wildman–Crippen LogP) is 5.45. The van der Waals surface area contributed by atoms with Gasteiger partial charge in [-0.3, -0.25) is 0 Å². The van der Waals surface area contributed by atoms with Gasteiger partial charge in [0.2, 0.25) is 0 Å². The molecule has 0 heterocycles. The first-order chi connectivity index (χ1) is 9.93. The lowest BCUT2D eigenvalue weighted by Gasteiger charge is -2.28. The molecular weight excluding hydrogens is 322 g/mol. The van der Waals surface area contributed by atoms with Crippen LogP contribution < -0.4 is 5.32 Å². The largest absolute Gasteiger partial charge is 0.307 e. The fourth-order valence-electron chi connectivity index (χ4n) is 2.70. The van der Waals surface area contributed by atoms with Gasteiger partial charge in [0.1, 0.15) is 0 Å². The summed E-state index contributed by atoms with van der Waals surface area (Å²) in [5.74, 6) is 0. The van der Waals surface area contributed by atoms with Crippen LogP contribution in [0.5, 0.6) is 0 Å². The van der Waals surface area contributed by atoms with Crippen LogP contribution in [-0.4, -0.2) is 6.54 Å². The second kappa shape index (κ2) is 6.76. The Morgan fingerprint density at radius 2 is 1.62 bits per heavy atom. The van der Waals surface area contributed by atoms with E-state index in [9.17, 15) is 0 Å². The summed E-state index contributed by atoms with van der Waals surface area (Å²) < 4.78 is 1.12. The Kier molecular flexibility index (Phi) is 5.23. The van der Waals surface area contributed by atoms with Crippen molar-refractivity contribution in [3.8, 4) is 0 Å². The van der Waals surface area contributed by atoms with Crippen molar-refractivity contribution in [2.75, 3.05) is 6.54 Å². The highest BCUT2D eigenvalue weighted by molar-refractivity contribution is 9.10. The predicted molar refractivity (Wildman–Crippen MR) is 94.8 cm³/mol. The molecule has 21 heavy (non-hydrogen) atoms. The zero-order valence-electron chi connectivity index (χ0n) is 13.3. The number of nitrogens with one attached hydrogen (secondary N) is 1. The maximum absolute atomic E-state index is 3.63. The summed E-state index contributed by atoms with van der Waals surface area (Å²) in [5.41, 5.74) is 4.21. The number of halogens is 1. The molecule has 112 valence electrons. The van der Waals surface area contributed by atoms with Crippen LogP contribution in [0.2, 0.25) is 0 Å². The molecule has 1 nitrogen and oxygen atoms in total. The average Bonchev–Trinajstić information content (AvgIpc) is 2.45. The van der Waals surface area contributed by atoms with E-state index < -0.39 is 0 Å². The molecule has 2 rings (SSSR count). The lowest BCUT2D eigenvalue weighted by Crippen LogP contribution is -2.26. The Balaban J connectivity index is 2.51. The maximum atomic E-state index is 3.63. The molecule has 2 aromatic rings. The van der Waals surface area contributed by atoms with Gasteiger partial charge in [-0.25, -0.2) is 0 Å². The van der Waals surface area contributed by atoms with Gasteiger partial charge in [0.05, 0.1) is 6.04 Å². The van der Waals surface area contributed by atoms with Crippen molar-refractivity contribution in [2.24, 2.45) is 0 Å². The molecule has 0 aliphatic heterocycles. The van der Waals surface area contributed by atoms with Gasteiger partial charge in [-0.15, -0.1) is 0 Å². The molecule has 2 heteroatoms. The monoisotopic (exact) mass is 345 g/mol. The second-order valence-corrected chi connectivity index (χ2v) is 7.30. The molecule has 2 aromatic carbocycles. The third-order valence-corrected chi connectivity index (χ3v) is 4.22. The van der Waals surface area contributed by atoms with E-state index in [1.54, 1.807) is 0 Å². The van der Waals surface area contributed by atoms with Crippen LogP contribution >= 0.6 is 15.9 Å². The normalized spacial score (nSPS) is 13.2. The average molecular weight is 346 g/mol. The molecule has 0 bridgehead atoms. The summed E-state index contributed by atoms with van der Waals surface area (Å²) in [6, 6.07) is 17.6. The standard InChI is InChI=1S/C19H24BrN/c1-5-21-18(14-10-12-15(20)13-11-14)16-8-6-7-9-17(16)19(2,3)4/h6-13,18,21H,5H2,1-4H3. The molecule has 0 saturated heterocycles. The highest BCUT2D eigenvalue weighted by Crippen LogP contribution is 2.33. The van der Waals surface area contributed by atoms with Gasteiger partial charge < -0.3 is 5.32 Å². The highest BCUT2D eigenvalue weighted by Gasteiger charge is 2.23. The van der Waals surface area contributed by atoms with Crippen molar-refractivity contribution >= 4 is 15.9 Å². The van der Waals surface area contributed by atoms with Crippen LogP contribution in [-0.2, 0) is 5.41 Å². The van der Waals surface area contributed by atoms with Crippen LogP contribution in [0.3, 0.4) is 0 Å². The van der Waals surface area contributed by atoms with Crippen molar-refractivity contribution in [1.82, 2.24) is 5.32 Å². The highest BCUT2D eigenvalue weighted by atomic mass is 79.9. The summed E-state index contributed by atoms with van der Waals surface area (Å²) in [6.07, 6.45) is 0. The zero-order valence-corrected chi connectivity index (χ0v) is 14.9. The van der Waals surface area contributed by atoms with E-state index in [4.69, 9.17) is 0 Å². The van der Waals surface area contributed by atoms with Crippen LogP contribution in [0.25, 0.3) is 0 Å². The first kappa shape index (κ1) is 16.3. The quantitative estimate of drug-likeness (QED) is 0.777. The minimum Gasteiger partial charge on any atom is -0.307 e. The molecule has 0 spiro atoms. The van der Waals surface area contributed by atoms with Crippen molar-refractivity contribution in [1.29, 1.82) is 0 Å². The van der Waals surface area contributed by atoms with Crippen LogP contribution in [0, 0.1) is 0 Å². The Labute approximate surface area is 136 Å². The summed E-state index contributed by atoms with van der Waals surface area (Å²) in [6.45, 7) is 9.92. The molecule has 0 fully saturated rings. The number of hydrogen-bond acceptors (Lipinski definition) is 1. The summed E-state index contributed by atoms with van der Waals surface area (Å²) in [4.78, 5) is 0.